The van der Waals surface area contributed by atoms with Crippen LogP contribution < -0.4 is 24.3 Å². The minimum atomic E-state index is -1.44. The molecule has 0 heterocycles. The average Bonchev–Trinajstić information content (AvgIpc) is 2.74. The van der Waals surface area contributed by atoms with Crippen molar-refractivity contribution >= 4 is 46.3 Å². The lowest BCUT2D eigenvalue weighted by Gasteiger charge is -2.16. The Balaban J connectivity index is 2.37. The Morgan fingerprint density at radius 1 is 0.903 bits per heavy atom. The Morgan fingerprint density at radius 3 is 2.10 bits per heavy atom. The van der Waals surface area contributed by atoms with E-state index in [1.54, 1.807) is 0 Å². The maximum absolute atomic E-state index is 12.8. The molecule has 11 heteroatoms. The molecule has 31 heavy (non-hydrogen) atoms. The maximum Gasteiger partial charge on any atom is 0.258 e. The van der Waals surface area contributed by atoms with Gasteiger partial charge in [-0.2, -0.15) is 10.2 Å². The number of carbonyl (C=O) groups is 2. The van der Waals surface area contributed by atoms with Crippen LogP contribution in [-0.4, -0.2) is 46.2 Å². The second-order valence-corrected chi connectivity index (χ2v) is 6.86. The lowest BCUT2D eigenvalue weighted by molar-refractivity contribution is -0.126. The molecule has 166 valence electrons. The van der Waals surface area contributed by atoms with Crippen LogP contribution in [0.4, 0.5) is 11.4 Å². The fourth-order valence-corrected chi connectivity index (χ4v) is 3.13. The second kappa shape index (κ2) is 10.8. The van der Waals surface area contributed by atoms with Gasteiger partial charge in [-0.15, -0.1) is 0 Å². The smallest absolute Gasteiger partial charge is 0.258 e. The van der Waals surface area contributed by atoms with Crippen LogP contribution in [0.2, 0.25) is 10.0 Å². The number of azo groups is 1. The third-order valence-corrected chi connectivity index (χ3v) is 4.66. The van der Waals surface area contributed by atoms with Gasteiger partial charge in [-0.25, -0.2) is 0 Å². The number of nitrogens with zero attached hydrogens (tertiary/aromatic N) is 2. The number of anilines is 1. The summed E-state index contributed by atoms with van der Waals surface area (Å²) in [6.07, 6.45) is 0. The summed E-state index contributed by atoms with van der Waals surface area (Å²) in [5, 5.41) is 11.0. The fraction of sp³-hybridized carbons (Fsp3) is 0.300. The van der Waals surface area contributed by atoms with Gasteiger partial charge in [-0.05, 0) is 19.1 Å². The number of benzene rings is 2. The number of methoxy groups -OCH3 is 4. The van der Waals surface area contributed by atoms with Crippen LogP contribution >= 0.6 is 23.2 Å². The Hall–Kier alpha value is -3.04. The maximum atomic E-state index is 12.8. The highest BCUT2D eigenvalue weighted by molar-refractivity contribution is 6.33. The number of ketones is 1. The predicted molar refractivity (Wildman–Crippen MR) is 117 cm³/mol. The van der Waals surface area contributed by atoms with Crippen molar-refractivity contribution in [1.82, 2.24) is 0 Å². The van der Waals surface area contributed by atoms with Crippen LogP contribution in [0.3, 0.4) is 0 Å². The van der Waals surface area contributed by atoms with Gasteiger partial charge in [0.25, 0.3) is 5.91 Å². The molecule has 0 saturated carbocycles. The Labute approximate surface area is 189 Å². The van der Waals surface area contributed by atoms with Crippen molar-refractivity contribution < 1.29 is 28.5 Å². The van der Waals surface area contributed by atoms with Crippen molar-refractivity contribution in [2.45, 2.75) is 13.0 Å². The first-order chi connectivity index (χ1) is 14.8. The van der Waals surface area contributed by atoms with Gasteiger partial charge in [-0.1, -0.05) is 23.2 Å². The first kappa shape index (κ1) is 24.2. The number of ether oxygens (including phenoxy) is 4. The summed E-state index contributed by atoms with van der Waals surface area (Å²) in [4.78, 5) is 24.9. The molecular formula is C20H21Cl2N3O6. The third-order valence-electron chi connectivity index (χ3n) is 4.08. The monoisotopic (exact) mass is 469 g/mol. The van der Waals surface area contributed by atoms with Crippen LogP contribution in [0.25, 0.3) is 0 Å². The molecule has 1 atom stereocenters. The Morgan fingerprint density at radius 2 is 1.55 bits per heavy atom. The number of rotatable bonds is 9. The molecule has 0 aliphatic carbocycles. The van der Waals surface area contributed by atoms with E-state index in [0.29, 0.717) is 10.8 Å². The summed E-state index contributed by atoms with van der Waals surface area (Å²) in [6, 6.07) is 4.64. The van der Waals surface area contributed by atoms with Gasteiger partial charge >= 0.3 is 0 Å². The van der Waals surface area contributed by atoms with Crippen molar-refractivity contribution in [3.8, 4) is 23.0 Å². The van der Waals surface area contributed by atoms with E-state index in [1.165, 1.54) is 59.6 Å². The van der Waals surface area contributed by atoms with E-state index in [9.17, 15) is 9.59 Å². The van der Waals surface area contributed by atoms with Crippen molar-refractivity contribution in [2.24, 2.45) is 10.2 Å². The summed E-state index contributed by atoms with van der Waals surface area (Å²) < 4.78 is 20.9. The zero-order chi connectivity index (χ0) is 23.1. The first-order valence-corrected chi connectivity index (χ1v) is 9.57. The van der Waals surface area contributed by atoms with Gasteiger partial charge in [0.15, 0.2) is 23.0 Å². The highest BCUT2D eigenvalue weighted by atomic mass is 35.5. The van der Waals surface area contributed by atoms with Gasteiger partial charge in [0.2, 0.25) is 6.04 Å². The summed E-state index contributed by atoms with van der Waals surface area (Å²) in [5.41, 5.74) is 0.439. The van der Waals surface area contributed by atoms with Crippen molar-refractivity contribution in [3.05, 3.63) is 34.3 Å². The van der Waals surface area contributed by atoms with E-state index >= 15 is 0 Å². The summed E-state index contributed by atoms with van der Waals surface area (Å²) in [5.74, 6) is -0.205. The van der Waals surface area contributed by atoms with Crippen LogP contribution in [0, 0.1) is 0 Å². The van der Waals surface area contributed by atoms with E-state index in [2.05, 4.69) is 15.5 Å². The van der Waals surface area contributed by atoms with E-state index in [1.807, 2.05) is 0 Å². The molecule has 2 rings (SSSR count). The molecule has 1 amide bonds. The number of amides is 1. The molecule has 0 spiro atoms. The van der Waals surface area contributed by atoms with E-state index in [4.69, 9.17) is 42.1 Å². The number of carbonyl (C=O) groups excluding carboxylic acids is 2. The summed E-state index contributed by atoms with van der Waals surface area (Å²) in [7, 11) is 5.67. The Bertz CT molecular complexity index is 1010. The molecule has 0 aromatic heterocycles. The van der Waals surface area contributed by atoms with Gasteiger partial charge < -0.3 is 24.3 Å². The molecule has 0 bridgehead atoms. The standard InChI is InChI=1S/C20H21Cl2N3O6/c1-10(26)16(25-24-15-9-11(28-2)8-13(22)17(15)29-3)20(27)23-14-7-6-12(21)18(30-4)19(14)31-5/h6-9,16H,1-5H3,(H,23,27). The van der Waals surface area contributed by atoms with Crippen LogP contribution in [-0.2, 0) is 9.59 Å². The van der Waals surface area contributed by atoms with E-state index in [0.717, 1.165) is 0 Å². The largest absolute Gasteiger partial charge is 0.497 e. The van der Waals surface area contributed by atoms with Gasteiger partial charge in [-0.3, -0.25) is 9.59 Å². The molecule has 1 unspecified atom stereocenters. The lowest BCUT2D eigenvalue weighted by Crippen LogP contribution is -2.32. The van der Waals surface area contributed by atoms with Crippen LogP contribution in [0.15, 0.2) is 34.5 Å². The number of halogens is 2. The topological polar surface area (TPSA) is 108 Å². The zero-order valence-corrected chi connectivity index (χ0v) is 19.0. The van der Waals surface area contributed by atoms with Gasteiger partial charge in [0.1, 0.15) is 11.4 Å². The van der Waals surface area contributed by atoms with E-state index in [-0.39, 0.29) is 33.6 Å². The number of nitrogens with one attached hydrogen (secondary N) is 1. The second-order valence-electron chi connectivity index (χ2n) is 6.04. The molecule has 0 saturated heterocycles. The summed E-state index contributed by atoms with van der Waals surface area (Å²) in [6.45, 7) is 1.22. The van der Waals surface area contributed by atoms with Crippen molar-refractivity contribution in [2.75, 3.05) is 33.8 Å². The van der Waals surface area contributed by atoms with Crippen LogP contribution in [0.1, 0.15) is 6.92 Å². The third kappa shape index (κ3) is 5.56. The van der Waals surface area contributed by atoms with Crippen molar-refractivity contribution in [3.63, 3.8) is 0 Å². The predicted octanol–water partition coefficient (Wildman–Crippen LogP) is 4.71. The van der Waals surface area contributed by atoms with Crippen molar-refractivity contribution in [1.29, 1.82) is 0 Å². The zero-order valence-electron chi connectivity index (χ0n) is 17.5. The normalized spacial score (nSPS) is 11.7. The molecule has 2 aromatic carbocycles. The van der Waals surface area contributed by atoms with E-state index < -0.39 is 17.7 Å². The molecule has 1 N–H and O–H groups in total. The van der Waals surface area contributed by atoms with Gasteiger partial charge in [0.05, 0.1) is 44.2 Å². The van der Waals surface area contributed by atoms with Crippen LogP contribution in [0.5, 0.6) is 23.0 Å². The summed E-state index contributed by atoms with van der Waals surface area (Å²) >= 11 is 12.2. The quantitative estimate of drug-likeness (QED) is 0.420. The number of Topliss-reactive ketones (excluding diaryl/α,β-unsaturated/α-hetero) is 1. The molecule has 0 fully saturated rings. The highest BCUT2D eigenvalue weighted by Gasteiger charge is 2.26. The minimum Gasteiger partial charge on any atom is -0.497 e. The molecule has 2 aromatic rings. The molecule has 0 radical (unpaired) electrons. The first-order valence-electron chi connectivity index (χ1n) is 8.81. The molecule has 0 aliphatic heterocycles. The molecule has 0 aliphatic rings. The Kier molecular flexibility index (Phi) is 8.47. The van der Waals surface area contributed by atoms with Gasteiger partial charge in [0, 0.05) is 12.1 Å². The highest BCUT2D eigenvalue weighted by Crippen LogP contribution is 2.41. The fourth-order valence-electron chi connectivity index (χ4n) is 2.62. The average molecular weight is 470 g/mol. The minimum absolute atomic E-state index is 0.191. The lowest BCUT2D eigenvalue weighted by atomic mass is 10.2. The number of hydrogen-bond donors (Lipinski definition) is 1. The number of hydrogen-bond acceptors (Lipinski definition) is 8. The molecule has 9 nitrogen and oxygen atoms in total. The SMILES string of the molecule is COc1cc(Cl)c(OC)c(N=NC(C(C)=O)C(=O)Nc2ccc(Cl)c(OC)c2OC)c1. The molecular weight excluding hydrogens is 449 g/mol.